The minimum absolute atomic E-state index is 0.604. The molecule has 1 saturated heterocycles. The molecule has 0 amide bonds. The van der Waals surface area contributed by atoms with Gasteiger partial charge in [0.2, 0.25) is 0 Å². The Hall–Kier alpha value is -1.42. The molecule has 4 nitrogen and oxygen atoms in total. The first-order chi connectivity index (χ1) is 9.92. The third kappa shape index (κ3) is 2.12. The average molecular weight is 271 g/mol. The van der Waals surface area contributed by atoms with E-state index in [-0.39, 0.29) is 0 Å². The van der Waals surface area contributed by atoms with Gasteiger partial charge in [0.25, 0.3) is 0 Å². The maximum Gasteiger partial charge on any atom is 0.160 e. The van der Waals surface area contributed by atoms with Crippen molar-refractivity contribution in [2.75, 3.05) is 13.2 Å². The van der Waals surface area contributed by atoms with Crippen LogP contribution in [0.4, 0.5) is 0 Å². The minimum atomic E-state index is 0.604. The Morgan fingerprint density at radius 3 is 2.95 bits per heavy atom. The summed E-state index contributed by atoms with van der Waals surface area (Å²) in [6.07, 6.45) is 9.31. The second-order valence-corrected chi connectivity index (χ2v) is 6.12. The Bertz CT molecular complexity index is 595. The van der Waals surface area contributed by atoms with E-state index < -0.39 is 0 Å². The summed E-state index contributed by atoms with van der Waals surface area (Å²) in [5, 5.41) is 0. The molecule has 2 aromatic rings. The predicted molar refractivity (Wildman–Crippen MR) is 77.7 cm³/mol. The molecule has 0 bridgehead atoms. The summed E-state index contributed by atoms with van der Waals surface area (Å²) in [5.74, 6) is 1.85. The lowest BCUT2D eigenvalue weighted by atomic mass is 10.0. The highest BCUT2D eigenvalue weighted by atomic mass is 16.5. The summed E-state index contributed by atoms with van der Waals surface area (Å²) >= 11 is 0. The fraction of sp³-hybridized carbons (Fsp3) is 0.625. The first-order valence-electron chi connectivity index (χ1n) is 7.81. The van der Waals surface area contributed by atoms with Gasteiger partial charge in [0.05, 0.1) is 0 Å². The van der Waals surface area contributed by atoms with Gasteiger partial charge in [0.1, 0.15) is 11.3 Å². The largest absolute Gasteiger partial charge is 0.381 e. The quantitative estimate of drug-likeness (QED) is 0.861. The third-order valence-corrected chi connectivity index (χ3v) is 4.71. The van der Waals surface area contributed by atoms with Gasteiger partial charge in [-0.05, 0) is 37.3 Å². The molecule has 1 aliphatic heterocycles. The number of hydrogen-bond donors (Lipinski definition) is 0. The minimum Gasteiger partial charge on any atom is -0.381 e. The maximum atomic E-state index is 5.52. The molecular weight excluding hydrogens is 250 g/mol. The van der Waals surface area contributed by atoms with Crippen molar-refractivity contribution in [3.8, 4) is 0 Å². The summed E-state index contributed by atoms with van der Waals surface area (Å²) in [4.78, 5) is 9.46. The predicted octanol–water partition coefficient (Wildman–Crippen LogP) is 3.13. The number of ether oxygens (including phenoxy) is 1. The van der Waals surface area contributed by atoms with Crippen LogP contribution in [0.5, 0.6) is 0 Å². The average Bonchev–Trinajstić information content (AvgIpc) is 3.18. The van der Waals surface area contributed by atoms with Gasteiger partial charge < -0.3 is 9.30 Å². The highest BCUT2D eigenvalue weighted by Crippen LogP contribution is 2.34. The van der Waals surface area contributed by atoms with Crippen LogP contribution in [-0.2, 0) is 11.2 Å². The van der Waals surface area contributed by atoms with E-state index in [2.05, 4.69) is 15.6 Å². The van der Waals surface area contributed by atoms with Crippen molar-refractivity contribution in [2.24, 2.45) is 5.92 Å². The monoisotopic (exact) mass is 271 g/mol. The number of hydrogen-bond acceptors (Lipinski definition) is 3. The maximum absolute atomic E-state index is 5.52. The lowest BCUT2D eigenvalue weighted by Gasteiger charge is -2.17. The summed E-state index contributed by atoms with van der Waals surface area (Å²) < 4.78 is 7.95. The van der Waals surface area contributed by atoms with Crippen molar-refractivity contribution in [2.45, 2.75) is 44.6 Å². The fourth-order valence-corrected chi connectivity index (χ4v) is 3.67. The van der Waals surface area contributed by atoms with Crippen LogP contribution >= 0.6 is 0 Å². The summed E-state index contributed by atoms with van der Waals surface area (Å²) in [6, 6.07) is 4.67. The van der Waals surface area contributed by atoms with Crippen LogP contribution in [0.1, 0.15) is 44.0 Å². The van der Waals surface area contributed by atoms with E-state index in [0.29, 0.717) is 12.0 Å². The highest BCUT2D eigenvalue weighted by Gasteiger charge is 2.25. The zero-order valence-corrected chi connectivity index (χ0v) is 11.8. The Labute approximate surface area is 119 Å². The van der Waals surface area contributed by atoms with Crippen molar-refractivity contribution in [1.82, 2.24) is 14.5 Å². The van der Waals surface area contributed by atoms with Gasteiger partial charge in [0, 0.05) is 31.9 Å². The zero-order chi connectivity index (χ0) is 13.4. The standard InChI is InChI=1S/C16H21N3O/c1-2-5-13(4-1)19-15(10-12-7-9-20-11-12)18-14-6-3-8-17-16(14)19/h3,6,8,12-13H,1-2,4-5,7,9-11H2. The molecule has 4 heteroatoms. The lowest BCUT2D eigenvalue weighted by Crippen LogP contribution is -2.14. The Morgan fingerprint density at radius 1 is 1.25 bits per heavy atom. The molecule has 1 unspecified atom stereocenters. The van der Waals surface area contributed by atoms with Crippen molar-refractivity contribution in [3.05, 3.63) is 24.2 Å². The first kappa shape index (κ1) is 12.3. The second-order valence-electron chi connectivity index (χ2n) is 6.12. The summed E-state index contributed by atoms with van der Waals surface area (Å²) in [5.41, 5.74) is 2.13. The van der Waals surface area contributed by atoms with Gasteiger partial charge in [-0.25, -0.2) is 9.97 Å². The third-order valence-electron chi connectivity index (χ3n) is 4.71. The summed E-state index contributed by atoms with van der Waals surface area (Å²) in [6.45, 7) is 1.80. The van der Waals surface area contributed by atoms with Crippen LogP contribution in [0.2, 0.25) is 0 Å². The van der Waals surface area contributed by atoms with E-state index in [1.807, 2.05) is 12.3 Å². The van der Waals surface area contributed by atoms with E-state index in [4.69, 9.17) is 9.72 Å². The van der Waals surface area contributed by atoms with Crippen molar-refractivity contribution < 1.29 is 4.74 Å². The number of rotatable bonds is 3. The van der Waals surface area contributed by atoms with Crippen LogP contribution in [-0.4, -0.2) is 27.7 Å². The van der Waals surface area contributed by atoms with Crippen LogP contribution in [0.3, 0.4) is 0 Å². The smallest absolute Gasteiger partial charge is 0.160 e. The molecule has 1 saturated carbocycles. The van der Waals surface area contributed by atoms with E-state index in [1.54, 1.807) is 0 Å². The molecule has 2 aromatic heterocycles. The second kappa shape index (κ2) is 5.17. The fourth-order valence-electron chi connectivity index (χ4n) is 3.67. The van der Waals surface area contributed by atoms with Crippen LogP contribution in [0.15, 0.2) is 18.3 Å². The normalized spacial score (nSPS) is 23.9. The van der Waals surface area contributed by atoms with E-state index in [0.717, 1.165) is 30.8 Å². The Balaban J connectivity index is 1.74. The van der Waals surface area contributed by atoms with E-state index in [1.165, 1.54) is 37.9 Å². The summed E-state index contributed by atoms with van der Waals surface area (Å²) in [7, 11) is 0. The SMILES string of the molecule is c1cnc2c(c1)nc(CC1CCOC1)n2C1CCCC1. The molecule has 3 heterocycles. The molecule has 0 spiro atoms. The van der Waals surface area contributed by atoms with E-state index in [9.17, 15) is 0 Å². The van der Waals surface area contributed by atoms with Gasteiger partial charge in [-0.3, -0.25) is 0 Å². The number of aromatic nitrogens is 3. The van der Waals surface area contributed by atoms with E-state index >= 15 is 0 Å². The van der Waals surface area contributed by atoms with Gasteiger partial charge in [-0.2, -0.15) is 0 Å². The molecule has 0 N–H and O–H groups in total. The molecule has 4 rings (SSSR count). The molecule has 0 radical (unpaired) electrons. The molecular formula is C16H21N3O. The van der Waals surface area contributed by atoms with Crippen molar-refractivity contribution >= 4 is 11.2 Å². The zero-order valence-electron chi connectivity index (χ0n) is 11.8. The Morgan fingerprint density at radius 2 is 2.15 bits per heavy atom. The molecule has 0 aromatic carbocycles. The topological polar surface area (TPSA) is 39.9 Å². The van der Waals surface area contributed by atoms with Gasteiger partial charge >= 0.3 is 0 Å². The van der Waals surface area contributed by atoms with Crippen molar-refractivity contribution in [1.29, 1.82) is 0 Å². The molecule has 2 aliphatic rings. The van der Waals surface area contributed by atoms with Crippen molar-refractivity contribution in [3.63, 3.8) is 0 Å². The number of fused-ring (bicyclic) bond motifs is 1. The van der Waals surface area contributed by atoms with Gasteiger partial charge in [0.15, 0.2) is 5.65 Å². The first-order valence-corrected chi connectivity index (χ1v) is 7.81. The molecule has 1 atom stereocenters. The van der Waals surface area contributed by atoms with Crippen LogP contribution in [0.25, 0.3) is 11.2 Å². The van der Waals surface area contributed by atoms with Crippen LogP contribution in [0, 0.1) is 5.92 Å². The number of imidazole rings is 1. The number of nitrogens with zero attached hydrogens (tertiary/aromatic N) is 3. The Kier molecular flexibility index (Phi) is 3.19. The molecule has 106 valence electrons. The molecule has 1 aliphatic carbocycles. The lowest BCUT2D eigenvalue weighted by molar-refractivity contribution is 0.185. The molecule has 20 heavy (non-hydrogen) atoms. The molecule has 2 fully saturated rings. The number of pyridine rings is 1. The van der Waals surface area contributed by atoms with Gasteiger partial charge in [-0.1, -0.05) is 12.8 Å². The van der Waals surface area contributed by atoms with Gasteiger partial charge in [-0.15, -0.1) is 0 Å². The highest BCUT2D eigenvalue weighted by molar-refractivity contribution is 5.71. The van der Waals surface area contributed by atoms with Crippen LogP contribution < -0.4 is 0 Å².